The van der Waals surface area contributed by atoms with E-state index >= 15 is 22.0 Å². The molecule has 0 spiro atoms. The van der Waals surface area contributed by atoms with Gasteiger partial charge in [-0.1, -0.05) is 24.3 Å². The molecule has 248 valence electrons. The number of nitrogens with two attached hydrogens (primary N) is 3. The largest absolute Gasteiger partial charge is 0.399 e. The van der Waals surface area contributed by atoms with Crippen molar-refractivity contribution in [1.82, 2.24) is 0 Å². The zero-order chi connectivity index (χ0) is 34.5. The highest BCUT2D eigenvalue weighted by molar-refractivity contribution is 5.46. The average Bonchev–Trinajstić information content (AvgIpc) is 2.88. The molecule has 2 aromatic rings. The van der Waals surface area contributed by atoms with Crippen LogP contribution in [0.15, 0.2) is 48.5 Å². The van der Waals surface area contributed by atoms with Crippen LogP contribution in [0.25, 0.3) is 0 Å². The molecular weight excluding hydrogens is 660 g/mol. The van der Waals surface area contributed by atoms with Gasteiger partial charge in [-0.25, -0.2) is 17.6 Å². The number of rotatable bonds is 7. The maximum absolute atomic E-state index is 16.0. The van der Waals surface area contributed by atoms with Crippen molar-refractivity contribution in [2.45, 2.75) is 64.8 Å². The molecule has 3 atom stereocenters. The molecule has 1 fully saturated rings. The molecule has 3 unspecified atom stereocenters. The lowest BCUT2D eigenvalue weighted by Gasteiger charge is -2.57. The Hall–Kier alpha value is -3.26. The highest BCUT2D eigenvalue weighted by Gasteiger charge is 3.01. The van der Waals surface area contributed by atoms with Gasteiger partial charge in [0.25, 0.3) is 11.5 Å². The molecule has 0 amide bonds. The Labute approximate surface area is 232 Å². The molecule has 44 heavy (non-hydrogen) atoms. The third-order valence-corrected chi connectivity index (χ3v) is 7.13. The standard InChI is InChI=1S/C23H15F18N3/c24-14(13(9-1-5-11(42)6-2-9)16(27,28)23(41,44)22(39,40)18(14,31)32)17(29,30)20(35,36)21(37,38)19(33,34)15(25,26)10-3-7-12(43)8-4-10/h1-8,13H,42-44H2. The van der Waals surface area contributed by atoms with Gasteiger partial charge in [-0.15, -0.1) is 0 Å². The quantitative estimate of drug-likeness (QED) is 0.162. The SMILES string of the molecule is Nc1ccc(C2C(F)(F)C(N)(F)C(F)(F)C(F)(F)C2(F)C(F)(F)C(F)(F)C(F)(F)C(F)(F)C(F)(F)c2ccc(N)cc2)cc1. The van der Waals surface area contributed by atoms with E-state index in [9.17, 15) is 57.1 Å². The summed E-state index contributed by atoms with van der Waals surface area (Å²) in [4.78, 5) is 0. The van der Waals surface area contributed by atoms with E-state index in [-0.39, 0.29) is 36.4 Å². The number of anilines is 2. The van der Waals surface area contributed by atoms with Crippen molar-refractivity contribution in [2.75, 3.05) is 11.5 Å². The predicted octanol–water partition coefficient (Wildman–Crippen LogP) is 7.52. The maximum Gasteiger partial charge on any atom is 0.384 e. The first kappa shape index (κ1) is 35.2. The van der Waals surface area contributed by atoms with Crippen molar-refractivity contribution in [3.63, 3.8) is 0 Å². The van der Waals surface area contributed by atoms with Crippen LogP contribution in [0.2, 0.25) is 0 Å². The fourth-order valence-corrected chi connectivity index (χ4v) is 4.51. The second-order valence-corrected chi connectivity index (χ2v) is 9.79. The van der Waals surface area contributed by atoms with Crippen LogP contribution in [-0.4, -0.2) is 52.9 Å². The van der Waals surface area contributed by atoms with Crippen LogP contribution in [0.3, 0.4) is 0 Å². The van der Waals surface area contributed by atoms with Crippen molar-refractivity contribution < 1.29 is 79.0 Å². The molecule has 6 N–H and O–H groups in total. The molecule has 3 rings (SSSR count). The summed E-state index contributed by atoms with van der Waals surface area (Å²) >= 11 is 0. The van der Waals surface area contributed by atoms with Crippen LogP contribution in [0.4, 0.5) is 90.4 Å². The zero-order valence-electron chi connectivity index (χ0n) is 20.7. The van der Waals surface area contributed by atoms with Crippen molar-refractivity contribution in [3.8, 4) is 0 Å². The summed E-state index contributed by atoms with van der Waals surface area (Å²) in [7, 11) is 0. The first-order chi connectivity index (χ1) is 19.4. The van der Waals surface area contributed by atoms with Crippen LogP contribution in [0, 0.1) is 0 Å². The lowest BCUT2D eigenvalue weighted by Crippen LogP contribution is -2.87. The van der Waals surface area contributed by atoms with Gasteiger partial charge in [0.1, 0.15) is 0 Å². The van der Waals surface area contributed by atoms with Crippen molar-refractivity contribution >= 4 is 11.4 Å². The molecule has 0 aromatic heterocycles. The molecule has 1 aliphatic rings. The Morgan fingerprint density at radius 1 is 0.523 bits per heavy atom. The first-order valence-corrected chi connectivity index (χ1v) is 11.3. The number of nitrogen functional groups attached to an aromatic ring is 2. The van der Waals surface area contributed by atoms with E-state index < -0.39 is 87.3 Å². The number of hydrogen-bond acceptors (Lipinski definition) is 3. The Bertz CT molecular complexity index is 1390. The van der Waals surface area contributed by atoms with E-state index in [1.54, 1.807) is 0 Å². The van der Waals surface area contributed by atoms with Crippen LogP contribution < -0.4 is 17.2 Å². The fourth-order valence-electron chi connectivity index (χ4n) is 4.51. The average molecular weight is 675 g/mol. The molecular formula is C23H15F18N3. The van der Waals surface area contributed by atoms with Crippen LogP contribution >= 0.6 is 0 Å². The lowest BCUT2D eigenvalue weighted by atomic mass is 9.60. The molecule has 1 aliphatic carbocycles. The number of alkyl halides is 18. The van der Waals surface area contributed by atoms with Crippen LogP contribution in [0.5, 0.6) is 0 Å². The lowest BCUT2D eigenvalue weighted by molar-refractivity contribution is -0.469. The van der Waals surface area contributed by atoms with Gasteiger partial charge in [-0.3, -0.25) is 5.73 Å². The highest BCUT2D eigenvalue weighted by atomic mass is 19.4. The summed E-state index contributed by atoms with van der Waals surface area (Å²) in [6, 6.07) is 0.159. The summed E-state index contributed by atoms with van der Waals surface area (Å²) in [5, 5.41) is 0. The van der Waals surface area contributed by atoms with Gasteiger partial charge < -0.3 is 11.5 Å². The second kappa shape index (κ2) is 9.38. The fraction of sp³-hybridized carbons (Fsp3) is 0.478. The molecule has 0 bridgehead atoms. The summed E-state index contributed by atoms with van der Waals surface area (Å²) in [5.41, 5.74) is 0.501. The Balaban J connectivity index is 2.40. The van der Waals surface area contributed by atoms with Gasteiger partial charge in [0, 0.05) is 16.9 Å². The molecule has 0 heterocycles. The van der Waals surface area contributed by atoms with Crippen molar-refractivity contribution in [2.24, 2.45) is 5.73 Å². The smallest absolute Gasteiger partial charge is 0.384 e. The molecule has 0 saturated heterocycles. The Kier molecular flexibility index (Phi) is 7.51. The van der Waals surface area contributed by atoms with Gasteiger partial charge in [0.05, 0.1) is 5.92 Å². The molecule has 1 saturated carbocycles. The first-order valence-electron chi connectivity index (χ1n) is 11.3. The predicted molar refractivity (Wildman–Crippen MR) is 115 cm³/mol. The van der Waals surface area contributed by atoms with E-state index in [4.69, 9.17) is 11.5 Å². The van der Waals surface area contributed by atoms with Gasteiger partial charge in [-0.05, 0) is 29.8 Å². The summed E-state index contributed by atoms with van der Waals surface area (Å²) in [5.74, 6) is -74.9. The molecule has 0 aliphatic heterocycles. The van der Waals surface area contributed by atoms with Gasteiger partial charge in [0.15, 0.2) is 0 Å². The third-order valence-electron chi connectivity index (χ3n) is 7.13. The van der Waals surface area contributed by atoms with E-state index in [0.717, 1.165) is 0 Å². The molecule has 21 heteroatoms. The molecule has 3 nitrogen and oxygen atoms in total. The summed E-state index contributed by atoms with van der Waals surface area (Å²) in [6.45, 7) is 0. The van der Waals surface area contributed by atoms with E-state index in [1.165, 1.54) is 0 Å². The van der Waals surface area contributed by atoms with Crippen LogP contribution in [-0.2, 0) is 5.92 Å². The van der Waals surface area contributed by atoms with E-state index in [0.29, 0.717) is 12.1 Å². The molecule has 2 aromatic carbocycles. The monoisotopic (exact) mass is 675 g/mol. The van der Waals surface area contributed by atoms with Gasteiger partial charge >= 0.3 is 47.4 Å². The maximum atomic E-state index is 16.0. The zero-order valence-corrected chi connectivity index (χ0v) is 20.7. The Morgan fingerprint density at radius 2 is 0.909 bits per heavy atom. The van der Waals surface area contributed by atoms with Gasteiger partial charge in [-0.2, -0.15) is 61.5 Å². The third kappa shape index (κ3) is 3.85. The van der Waals surface area contributed by atoms with Crippen molar-refractivity contribution in [1.29, 1.82) is 0 Å². The van der Waals surface area contributed by atoms with E-state index in [2.05, 4.69) is 5.73 Å². The number of halogens is 18. The minimum atomic E-state index is -8.68. The topological polar surface area (TPSA) is 78.1 Å². The van der Waals surface area contributed by atoms with Crippen molar-refractivity contribution in [3.05, 3.63) is 59.7 Å². The minimum absolute atomic E-state index is 0.206. The van der Waals surface area contributed by atoms with Crippen LogP contribution in [0.1, 0.15) is 17.0 Å². The molecule has 0 radical (unpaired) electrons. The van der Waals surface area contributed by atoms with Gasteiger partial charge in [0.2, 0.25) is 0 Å². The summed E-state index contributed by atoms with van der Waals surface area (Å²) in [6.07, 6.45) is 0. The minimum Gasteiger partial charge on any atom is -0.399 e. The van der Waals surface area contributed by atoms with E-state index in [1.807, 2.05) is 0 Å². The normalized spacial score (nSPS) is 27.7. The summed E-state index contributed by atoms with van der Waals surface area (Å²) < 4.78 is 267. The highest BCUT2D eigenvalue weighted by Crippen LogP contribution is 2.73. The number of benzene rings is 2. The Morgan fingerprint density at radius 3 is 1.32 bits per heavy atom. The second-order valence-electron chi connectivity index (χ2n) is 9.79. The number of hydrogen-bond donors (Lipinski definition) is 3.